The van der Waals surface area contributed by atoms with E-state index in [1.54, 1.807) is 19.2 Å². The molecule has 0 saturated heterocycles. The van der Waals surface area contributed by atoms with E-state index < -0.39 is 16.2 Å². The van der Waals surface area contributed by atoms with E-state index in [1.807, 2.05) is 34.9 Å². The summed E-state index contributed by atoms with van der Waals surface area (Å²) in [7, 11) is 1.57. The van der Waals surface area contributed by atoms with Crippen LogP contribution in [0.1, 0.15) is 11.1 Å². The molecular weight excluding hydrogens is 418 g/mol. The fourth-order valence-corrected chi connectivity index (χ4v) is 4.26. The Balaban J connectivity index is 1.68. The molecule has 10 heteroatoms. The third kappa shape index (κ3) is 4.29. The van der Waals surface area contributed by atoms with E-state index in [1.165, 1.54) is 28.5 Å². The lowest BCUT2D eigenvalue weighted by Gasteiger charge is -2.09. The van der Waals surface area contributed by atoms with Gasteiger partial charge in [-0.25, -0.2) is 9.78 Å². The Hall–Kier alpha value is -3.66. The summed E-state index contributed by atoms with van der Waals surface area (Å²) in [5, 5.41) is 11.5. The summed E-state index contributed by atoms with van der Waals surface area (Å²) in [6, 6.07) is 16.2. The number of non-ortho nitro benzene ring substituents is 1. The second-order valence-corrected chi connectivity index (χ2v) is 7.93. The number of benzene rings is 2. The van der Waals surface area contributed by atoms with Gasteiger partial charge >= 0.3 is 5.69 Å². The van der Waals surface area contributed by atoms with Crippen molar-refractivity contribution in [3.63, 3.8) is 0 Å². The molecule has 0 aliphatic heterocycles. The molecule has 1 N–H and O–H groups in total. The third-order valence-corrected chi connectivity index (χ3v) is 6.00. The molecule has 2 aromatic carbocycles. The molecule has 0 fully saturated rings. The van der Waals surface area contributed by atoms with Crippen molar-refractivity contribution in [1.82, 2.24) is 19.1 Å². The number of aromatic amines is 1. The zero-order valence-electron chi connectivity index (χ0n) is 16.6. The molecule has 0 atom stereocenters. The Morgan fingerprint density at radius 1 is 1.06 bits per heavy atom. The van der Waals surface area contributed by atoms with E-state index in [2.05, 4.69) is 9.97 Å². The molecule has 4 aromatic rings. The van der Waals surface area contributed by atoms with Crippen molar-refractivity contribution in [2.75, 3.05) is 0 Å². The monoisotopic (exact) mass is 437 g/mol. The Morgan fingerprint density at radius 2 is 1.77 bits per heavy atom. The molecule has 4 rings (SSSR count). The minimum Gasteiger partial charge on any atom is -0.313 e. The first-order valence-electron chi connectivity index (χ1n) is 9.53. The number of rotatable bonds is 7. The highest BCUT2D eigenvalue weighted by Gasteiger charge is 2.18. The standard InChI is InChI=1S/C21H19N5O4S/c1-24-18-17(19(27)23-20(24)28)25(12-11-14-7-9-16(10-8-14)26(29)30)21(22-18)31-13-15-5-3-2-4-6-15/h2-10H,11-13H2,1H3,(H,23,27,28). The predicted molar refractivity (Wildman–Crippen MR) is 118 cm³/mol. The number of H-pyrrole nitrogens is 1. The van der Waals surface area contributed by atoms with E-state index >= 15 is 0 Å². The first kappa shape index (κ1) is 20.6. The van der Waals surface area contributed by atoms with Gasteiger partial charge in [0.1, 0.15) is 0 Å². The molecule has 0 aliphatic rings. The van der Waals surface area contributed by atoms with Crippen LogP contribution < -0.4 is 11.2 Å². The largest absolute Gasteiger partial charge is 0.329 e. The highest BCUT2D eigenvalue weighted by molar-refractivity contribution is 7.98. The van der Waals surface area contributed by atoms with E-state index in [0.717, 1.165) is 11.1 Å². The van der Waals surface area contributed by atoms with Crippen LogP contribution in [0.5, 0.6) is 0 Å². The fraction of sp³-hybridized carbons (Fsp3) is 0.190. The zero-order chi connectivity index (χ0) is 22.0. The van der Waals surface area contributed by atoms with E-state index in [-0.39, 0.29) is 5.69 Å². The van der Waals surface area contributed by atoms with Gasteiger partial charge in [-0.05, 0) is 17.5 Å². The minimum atomic E-state index is -0.517. The zero-order valence-corrected chi connectivity index (χ0v) is 17.5. The fourth-order valence-electron chi connectivity index (χ4n) is 3.28. The number of nitro groups is 1. The highest BCUT2D eigenvalue weighted by Crippen LogP contribution is 2.25. The summed E-state index contributed by atoms with van der Waals surface area (Å²) < 4.78 is 3.13. The topological polar surface area (TPSA) is 116 Å². The summed E-state index contributed by atoms with van der Waals surface area (Å²) in [6.07, 6.45) is 0.546. The predicted octanol–water partition coefficient (Wildman–Crippen LogP) is 2.87. The minimum absolute atomic E-state index is 0.0300. The van der Waals surface area contributed by atoms with Crippen molar-refractivity contribution < 1.29 is 4.92 Å². The van der Waals surface area contributed by atoms with E-state index in [0.29, 0.717) is 35.0 Å². The second kappa shape index (κ2) is 8.60. The molecule has 0 radical (unpaired) electrons. The molecule has 0 spiro atoms. The number of aryl methyl sites for hydroxylation is 3. The van der Waals surface area contributed by atoms with Gasteiger partial charge in [0.25, 0.3) is 11.2 Å². The molecule has 0 bridgehead atoms. The average molecular weight is 437 g/mol. The SMILES string of the molecule is Cn1c(=O)[nH]c(=O)c2c1nc(SCc1ccccc1)n2CCc1ccc([N+](=O)[O-])cc1. The maximum absolute atomic E-state index is 12.6. The van der Waals surface area contributed by atoms with Crippen LogP contribution in [0.3, 0.4) is 0 Å². The smallest absolute Gasteiger partial charge is 0.313 e. The number of hydrogen-bond acceptors (Lipinski definition) is 6. The van der Waals surface area contributed by atoms with Gasteiger partial charge < -0.3 is 4.57 Å². The van der Waals surface area contributed by atoms with Crippen molar-refractivity contribution in [2.45, 2.75) is 23.9 Å². The molecule has 2 heterocycles. The molecule has 158 valence electrons. The van der Waals surface area contributed by atoms with Gasteiger partial charge in [0, 0.05) is 31.5 Å². The van der Waals surface area contributed by atoms with Gasteiger partial charge in [-0.1, -0.05) is 54.2 Å². The van der Waals surface area contributed by atoms with Gasteiger partial charge in [-0.2, -0.15) is 0 Å². The van der Waals surface area contributed by atoms with Crippen LogP contribution in [0.2, 0.25) is 0 Å². The van der Waals surface area contributed by atoms with Crippen molar-refractivity contribution >= 4 is 28.6 Å². The number of imidazole rings is 1. The van der Waals surface area contributed by atoms with Crippen molar-refractivity contribution in [3.8, 4) is 0 Å². The van der Waals surface area contributed by atoms with Gasteiger partial charge in [-0.15, -0.1) is 0 Å². The number of aromatic nitrogens is 4. The molecule has 31 heavy (non-hydrogen) atoms. The molecule has 2 aromatic heterocycles. The number of hydrogen-bond donors (Lipinski definition) is 1. The normalized spacial score (nSPS) is 11.1. The number of nitro benzene ring substituents is 1. The third-order valence-electron chi connectivity index (χ3n) is 4.95. The van der Waals surface area contributed by atoms with Gasteiger partial charge in [0.2, 0.25) is 0 Å². The summed E-state index contributed by atoms with van der Waals surface area (Å²) in [5.41, 5.74) is 1.70. The molecular formula is C21H19N5O4S. The van der Waals surface area contributed by atoms with Gasteiger partial charge in [0.15, 0.2) is 16.3 Å². The summed E-state index contributed by atoms with van der Waals surface area (Å²) >= 11 is 1.49. The van der Waals surface area contributed by atoms with Gasteiger partial charge in [-0.3, -0.25) is 24.5 Å². The van der Waals surface area contributed by atoms with Crippen molar-refractivity contribution in [2.24, 2.45) is 7.05 Å². The number of fused-ring (bicyclic) bond motifs is 1. The van der Waals surface area contributed by atoms with Crippen LogP contribution >= 0.6 is 11.8 Å². The van der Waals surface area contributed by atoms with Crippen LogP contribution in [-0.2, 0) is 25.8 Å². The van der Waals surface area contributed by atoms with Crippen molar-refractivity contribution in [3.05, 3.63) is 96.7 Å². The maximum Gasteiger partial charge on any atom is 0.329 e. The number of thioether (sulfide) groups is 1. The first-order chi connectivity index (χ1) is 14.9. The molecule has 0 unspecified atom stereocenters. The summed E-state index contributed by atoms with van der Waals surface area (Å²) in [6.45, 7) is 0.437. The maximum atomic E-state index is 12.6. The Morgan fingerprint density at radius 3 is 2.45 bits per heavy atom. The molecule has 9 nitrogen and oxygen atoms in total. The Bertz CT molecular complexity index is 1360. The van der Waals surface area contributed by atoms with Crippen LogP contribution in [0.25, 0.3) is 11.2 Å². The quantitative estimate of drug-likeness (QED) is 0.270. The summed E-state index contributed by atoms with van der Waals surface area (Å²) in [4.78, 5) is 41.9. The lowest BCUT2D eigenvalue weighted by molar-refractivity contribution is -0.384. The molecule has 0 amide bonds. The van der Waals surface area contributed by atoms with Crippen molar-refractivity contribution in [1.29, 1.82) is 0 Å². The second-order valence-electron chi connectivity index (χ2n) is 6.98. The first-order valence-corrected chi connectivity index (χ1v) is 10.5. The lowest BCUT2D eigenvalue weighted by atomic mass is 10.1. The van der Waals surface area contributed by atoms with Crippen LogP contribution in [0.4, 0.5) is 5.69 Å². The highest BCUT2D eigenvalue weighted by atomic mass is 32.2. The number of nitrogens with one attached hydrogen (secondary N) is 1. The van der Waals surface area contributed by atoms with Crippen LogP contribution in [0, 0.1) is 10.1 Å². The van der Waals surface area contributed by atoms with E-state index in [9.17, 15) is 19.7 Å². The summed E-state index contributed by atoms with van der Waals surface area (Å²) in [5.74, 6) is 0.660. The number of nitrogens with zero attached hydrogens (tertiary/aromatic N) is 4. The van der Waals surface area contributed by atoms with Crippen LogP contribution in [-0.4, -0.2) is 24.0 Å². The molecule has 0 saturated carbocycles. The van der Waals surface area contributed by atoms with Gasteiger partial charge in [0.05, 0.1) is 4.92 Å². The molecule has 0 aliphatic carbocycles. The average Bonchev–Trinajstić information content (AvgIpc) is 3.15. The van der Waals surface area contributed by atoms with E-state index in [4.69, 9.17) is 0 Å². The lowest BCUT2D eigenvalue weighted by Crippen LogP contribution is -2.29. The van der Waals surface area contributed by atoms with Crippen LogP contribution in [0.15, 0.2) is 69.3 Å². The Kier molecular flexibility index (Phi) is 5.72. The Labute approximate surface area is 180 Å².